The van der Waals surface area contributed by atoms with Crippen LogP contribution in [0.3, 0.4) is 0 Å². The van der Waals surface area contributed by atoms with E-state index in [-0.39, 0.29) is 12.4 Å². The van der Waals surface area contributed by atoms with Crippen molar-refractivity contribution in [2.45, 2.75) is 0 Å². The van der Waals surface area contributed by atoms with Gasteiger partial charge in [-0.05, 0) is 6.07 Å². The molecule has 1 heterocycles. The lowest BCUT2D eigenvalue weighted by molar-refractivity contribution is 0.599. The maximum Gasteiger partial charge on any atom is 0.204 e. The zero-order valence-electron chi connectivity index (χ0n) is 6.15. The summed E-state index contributed by atoms with van der Waals surface area (Å²) in [4.78, 5) is 0. The fourth-order valence-corrected chi connectivity index (χ4v) is 1.04. The molecule has 1 aromatic carbocycles. The van der Waals surface area contributed by atoms with Gasteiger partial charge in [0.2, 0.25) is 5.76 Å². The number of hydrogen-bond donors (Lipinski definition) is 0. The van der Waals surface area contributed by atoms with Crippen LogP contribution in [-0.4, -0.2) is 0 Å². The van der Waals surface area contributed by atoms with E-state index in [0.29, 0.717) is 5.76 Å². The highest BCUT2D eigenvalue weighted by Crippen LogP contribution is 2.17. The normalized spacial score (nSPS) is 8.92. The van der Waals surface area contributed by atoms with Crippen LogP contribution in [0.15, 0.2) is 34.7 Å². The van der Waals surface area contributed by atoms with Crippen LogP contribution in [0.4, 0.5) is 0 Å². The SMILES string of the molecule is Cl.N#Cc1cc2ccccc2o1. The number of hydrogen-bond acceptors (Lipinski definition) is 2. The molecule has 0 fully saturated rings. The Morgan fingerprint density at radius 1 is 1.25 bits per heavy atom. The van der Waals surface area contributed by atoms with Crippen LogP contribution in [0.25, 0.3) is 11.0 Å². The van der Waals surface area contributed by atoms with Gasteiger partial charge in [-0.1, -0.05) is 18.2 Å². The van der Waals surface area contributed by atoms with Crippen molar-refractivity contribution in [2.75, 3.05) is 0 Å². The minimum absolute atomic E-state index is 0. The van der Waals surface area contributed by atoms with Crippen molar-refractivity contribution in [1.29, 1.82) is 5.26 Å². The second kappa shape index (κ2) is 3.29. The molecule has 3 heteroatoms. The molecular formula is C9H6ClNO. The van der Waals surface area contributed by atoms with Crippen LogP contribution < -0.4 is 0 Å². The van der Waals surface area contributed by atoms with Crippen LogP contribution in [0, 0.1) is 11.3 Å². The molecule has 0 radical (unpaired) electrons. The average Bonchev–Trinajstić information content (AvgIpc) is 2.46. The van der Waals surface area contributed by atoms with Gasteiger partial charge in [-0.2, -0.15) is 5.26 Å². The van der Waals surface area contributed by atoms with Crippen molar-refractivity contribution in [1.82, 2.24) is 0 Å². The van der Waals surface area contributed by atoms with Gasteiger partial charge in [0.15, 0.2) is 0 Å². The van der Waals surface area contributed by atoms with Crippen molar-refractivity contribution in [2.24, 2.45) is 0 Å². The average molecular weight is 180 g/mol. The highest BCUT2D eigenvalue weighted by molar-refractivity contribution is 5.85. The maximum absolute atomic E-state index is 8.49. The Bertz CT molecular complexity index is 394. The Hall–Kier alpha value is -1.46. The maximum atomic E-state index is 8.49. The van der Waals surface area contributed by atoms with E-state index in [1.54, 1.807) is 6.07 Å². The Kier molecular flexibility index (Phi) is 2.37. The monoisotopic (exact) mass is 179 g/mol. The van der Waals surface area contributed by atoms with Gasteiger partial charge in [-0.15, -0.1) is 12.4 Å². The number of para-hydroxylation sites is 1. The lowest BCUT2D eigenvalue weighted by Crippen LogP contribution is -1.57. The first-order chi connectivity index (χ1) is 5.40. The summed E-state index contributed by atoms with van der Waals surface area (Å²) in [6.07, 6.45) is 0. The van der Waals surface area contributed by atoms with Gasteiger partial charge in [0.1, 0.15) is 11.7 Å². The van der Waals surface area contributed by atoms with E-state index in [1.807, 2.05) is 30.3 Å². The first-order valence-corrected chi connectivity index (χ1v) is 3.29. The van der Waals surface area contributed by atoms with E-state index in [2.05, 4.69) is 0 Å². The van der Waals surface area contributed by atoms with E-state index >= 15 is 0 Å². The largest absolute Gasteiger partial charge is 0.446 e. The molecule has 12 heavy (non-hydrogen) atoms. The van der Waals surface area contributed by atoms with Crippen molar-refractivity contribution in [3.05, 3.63) is 36.1 Å². The third-order valence-corrected chi connectivity index (χ3v) is 1.54. The van der Waals surface area contributed by atoms with E-state index in [9.17, 15) is 0 Å². The number of furan rings is 1. The summed E-state index contributed by atoms with van der Waals surface area (Å²) in [6, 6.07) is 11.2. The molecule has 0 aliphatic heterocycles. The summed E-state index contributed by atoms with van der Waals surface area (Å²) >= 11 is 0. The quantitative estimate of drug-likeness (QED) is 0.624. The van der Waals surface area contributed by atoms with Gasteiger partial charge < -0.3 is 4.42 Å². The summed E-state index contributed by atoms with van der Waals surface area (Å²) in [5.74, 6) is 0.367. The van der Waals surface area contributed by atoms with E-state index in [4.69, 9.17) is 9.68 Å². The molecule has 0 atom stereocenters. The Morgan fingerprint density at radius 2 is 2.00 bits per heavy atom. The first kappa shape index (κ1) is 8.63. The molecule has 0 saturated carbocycles. The summed E-state index contributed by atoms with van der Waals surface area (Å²) in [6.45, 7) is 0. The summed E-state index contributed by atoms with van der Waals surface area (Å²) < 4.78 is 5.16. The first-order valence-electron chi connectivity index (χ1n) is 3.29. The molecule has 0 aliphatic rings. The van der Waals surface area contributed by atoms with Gasteiger partial charge >= 0.3 is 0 Å². The summed E-state index contributed by atoms with van der Waals surface area (Å²) in [5.41, 5.74) is 0.768. The lowest BCUT2D eigenvalue weighted by atomic mass is 10.2. The van der Waals surface area contributed by atoms with Gasteiger partial charge in [0.05, 0.1) is 0 Å². The summed E-state index contributed by atoms with van der Waals surface area (Å²) in [7, 11) is 0. The molecule has 2 aromatic rings. The third kappa shape index (κ3) is 1.27. The predicted molar refractivity (Wildman–Crippen MR) is 48.2 cm³/mol. The molecule has 0 saturated heterocycles. The standard InChI is InChI=1S/C9H5NO.ClH/c10-6-8-5-7-3-1-2-4-9(7)11-8;/h1-5H;1H. The van der Waals surface area contributed by atoms with Crippen LogP contribution >= 0.6 is 12.4 Å². The van der Waals surface area contributed by atoms with Crippen molar-refractivity contribution in [3.8, 4) is 6.07 Å². The summed E-state index contributed by atoms with van der Waals surface area (Å²) in [5, 5.41) is 9.47. The van der Waals surface area contributed by atoms with E-state index < -0.39 is 0 Å². The molecule has 0 bridgehead atoms. The molecular weight excluding hydrogens is 174 g/mol. The molecule has 0 aliphatic carbocycles. The van der Waals surface area contributed by atoms with Gasteiger partial charge in [0, 0.05) is 11.5 Å². The third-order valence-electron chi connectivity index (χ3n) is 1.54. The number of rotatable bonds is 0. The Labute approximate surface area is 75.8 Å². The zero-order valence-corrected chi connectivity index (χ0v) is 6.97. The second-order valence-electron chi connectivity index (χ2n) is 2.26. The molecule has 60 valence electrons. The molecule has 2 nitrogen and oxygen atoms in total. The molecule has 1 aromatic heterocycles. The highest BCUT2D eigenvalue weighted by atomic mass is 35.5. The minimum Gasteiger partial charge on any atom is -0.446 e. The Morgan fingerprint density at radius 3 is 2.67 bits per heavy atom. The van der Waals surface area contributed by atoms with Crippen molar-refractivity contribution < 1.29 is 4.42 Å². The fourth-order valence-electron chi connectivity index (χ4n) is 1.04. The molecule has 0 N–H and O–H groups in total. The van der Waals surface area contributed by atoms with Crippen molar-refractivity contribution >= 4 is 23.4 Å². The van der Waals surface area contributed by atoms with Crippen molar-refractivity contribution in [3.63, 3.8) is 0 Å². The smallest absolute Gasteiger partial charge is 0.204 e. The highest BCUT2D eigenvalue weighted by Gasteiger charge is 1.99. The molecule has 0 amide bonds. The second-order valence-corrected chi connectivity index (χ2v) is 2.26. The van der Waals surface area contributed by atoms with Crippen LogP contribution in [0.1, 0.15) is 5.76 Å². The lowest BCUT2D eigenvalue weighted by Gasteiger charge is -1.81. The fraction of sp³-hybridized carbons (Fsp3) is 0. The van der Waals surface area contributed by atoms with E-state index in [1.165, 1.54) is 0 Å². The van der Waals surface area contributed by atoms with Crippen LogP contribution in [-0.2, 0) is 0 Å². The molecule has 0 spiro atoms. The minimum atomic E-state index is 0. The molecule has 2 rings (SSSR count). The number of nitrogens with zero attached hydrogens (tertiary/aromatic N) is 1. The molecule has 0 unspecified atom stereocenters. The number of halogens is 1. The number of fused-ring (bicyclic) bond motifs is 1. The van der Waals surface area contributed by atoms with Gasteiger partial charge in [-0.25, -0.2) is 0 Å². The van der Waals surface area contributed by atoms with Crippen LogP contribution in [0.5, 0.6) is 0 Å². The Balaban J connectivity index is 0.000000720. The van der Waals surface area contributed by atoms with E-state index in [0.717, 1.165) is 11.0 Å². The predicted octanol–water partition coefficient (Wildman–Crippen LogP) is 2.73. The zero-order chi connectivity index (χ0) is 7.68. The topological polar surface area (TPSA) is 36.9 Å². The van der Waals surface area contributed by atoms with Crippen LogP contribution in [0.2, 0.25) is 0 Å². The number of nitriles is 1. The van der Waals surface area contributed by atoms with Gasteiger partial charge in [-0.3, -0.25) is 0 Å². The van der Waals surface area contributed by atoms with Gasteiger partial charge in [0.25, 0.3) is 0 Å². The number of benzene rings is 1.